The minimum absolute atomic E-state index is 0.00679. The summed E-state index contributed by atoms with van der Waals surface area (Å²) in [5, 5.41) is 5.22. The molecule has 0 saturated carbocycles. The number of fused-ring (bicyclic) bond motifs is 1. The molecule has 2 aliphatic rings. The van der Waals surface area contributed by atoms with Gasteiger partial charge in [-0.2, -0.15) is 0 Å². The van der Waals surface area contributed by atoms with Crippen LogP contribution in [0.25, 0.3) is 0 Å². The standard InChI is InChI=1S/C26H29N3O2S/c1-18-15-21-16-19(7-8-23(21)31-18)17-29-12-9-20(10-13-29)25(22-5-2-3-11-27-22)28-26(30)24-6-4-14-32-24/h2-8,11,14,16,18,20,25H,9-10,12-13,15,17H2,1H3,(H,28,30)/t18-,25+/m1/s1. The van der Waals surface area contributed by atoms with Gasteiger partial charge in [0.2, 0.25) is 0 Å². The minimum atomic E-state index is -0.0634. The quantitative estimate of drug-likeness (QED) is 0.587. The molecular weight excluding hydrogens is 418 g/mol. The van der Waals surface area contributed by atoms with Crippen LogP contribution in [0.1, 0.15) is 52.3 Å². The molecule has 0 unspecified atom stereocenters. The third kappa shape index (κ3) is 4.71. The summed E-state index contributed by atoms with van der Waals surface area (Å²) in [6.45, 7) is 5.13. The highest BCUT2D eigenvalue weighted by molar-refractivity contribution is 7.12. The van der Waals surface area contributed by atoms with Crippen LogP contribution in [-0.4, -0.2) is 35.0 Å². The van der Waals surface area contributed by atoms with E-state index in [0.29, 0.717) is 5.92 Å². The third-order valence-corrected chi connectivity index (χ3v) is 7.38. The highest BCUT2D eigenvalue weighted by atomic mass is 32.1. The van der Waals surface area contributed by atoms with Crippen LogP contribution in [0.5, 0.6) is 5.75 Å². The van der Waals surface area contributed by atoms with Crippen LogP contribution in [0.2, 0.25) is 0 Å². The summed E-state index contributed by atoms with van der Waals surface area (Å²) in [5.41, 5.74) is 3.63. The third-order valence-electron chi connectivity index (χ3n) is 6.51. The molecule has 0 aliphatic carbocycles. The molecule has 2 aliphatic heterocycles. The molecule has 5 nitrogen and oxygen atoms in total. The highest BCUT2D eigenvalue weighted by Gasteiger charge is 2.30. The van der Waals surface area contributed by atoms with Gasteiger partial charge in [0.05, 0.1) is 16.6 Å². The lowest BCUT2D eigenvalue weighted by Crippen LogP contribution is -2.40. The molecule has 0 spiro atoms. The molecule has 2 atom stereocenters. The first kappa shape index (κ1) is 21.2. The minimum Gasteiger partial charge on any atom is -0.490 e. The van der Waals surface area contributed by atoms with Crippen LogP contribution in [0, 0.1) is 5.92 Å². The molecule has 0 radical (unpaired) electrons. The average Bonchev–Trinajstić information content (AvgIpc) is 3.48. The van der Waals surface area contributed by atoms with E-state index >= 15 is 0 Å². The van der Waals surface area contributed by atoms with Crippen LogP contribution in [0.4, 0.5) is 0 Å². The van der Waals surface area contributed by atoms with Crippen molar-refractivity contribution in [3.8, 4) is 5.75 Å². The molecule has 0 bridgehead atoms. The van der Waals surface area contributed by atoms with E-state index in [1.807, 2.05) is 41.9 Å². The topological polar surface area (TPSA) is 54.5 Å². The van der Waals surface area contributed by atoms with Gasteiger partial charge in [0.25, 0.3) is 5.91 Å². The van der Waals surface area contributed by atoms with Crippen molar-refractivity contribution in [1.82, 2.24) is 15.2 Å². The molecule has 4 heterocycles. The second kappa shape index (κ2) is 9.43. The van der Waals surface area contributed by atoms with Crippen LogP contribution < -0.4 is 10.1 Å². The van der Waals surface area contributed by atoms with Crippen LogP contribution in [0.15, 0.2) is 60.1 Å². The summed E-state index contributed by atoms with van der Waals surface area (Å²) in [6.07, 6.45) is 5.17. The maximum Gasteiger partial charge on any atom is 0.261 e. The number of carbonyl (C=O) groups is 1. The molecule has 1 aromatic carbocycles. The van der Waals surface area contributed by atoms with E-state index in [1.165, 1.54) is 22.5 Å². The Morgan fingerprint density at radius 3 is 2.84 bits per heavy atom. The Morgan fingerprint density at radius 1 is 1.22 bits per heavy atom. The number of carbonyl (C=O) groups excluding carboxylic acids is 1. The fourth-order valence-electron chi connectivity index (χ4n) is 4.89. The number of hydrogen-bond donors (Lipinski definition) is 1. The zero-order valence-electron chi connectivity index (χ0n) is 18.4. The number of pyridine rings is 1. The van der Waals surface area contributed by atoms with Crippen molar-refractivity contribution < 1.29 is 9.53 Å². The Hall–Kier alpha value is -2.70. The molecule has 2 aromatic heterocycles. The number of ether oxygens (including phenoxy) is 1. The van der Waals surface area contributed by atoms with Gasteiger partial charge in [0, 0.05) is 19.2 Å². The van der Waals surface area contributed by atoms with E-state index < -0.39 is 0 Å². The lowest BCUT2D eigenvalue weighted by atomic mass is 9.87. The molecule has 1 saturated heterocycles. The predicted molar refractivity (Wildman–Crippen MR) is 127 cm³/mol. The number of hydrogen-bond acceptors (Lipinski definition) is 5. The number of nitrogens with one attached hydrogen (secondary N) is 1. The monoisotopic (exact) mass is 447 g/mol. The highest BCUT2D eigenvalue weighted by Crippen LogP contribution is 2.33. The molecule has 1 N–H and O–H groups in total. The fourth-order valence-corrected chi connectivity index (χ4v) is 5.52. The van der Waals surface area contributed by atoms with E-state index in [1.54, 1.807) is 0 Å². The number of nitrogens with zero attached hydrogens (tertiary/aromatic N) is 2. The van der Waals surface area contributed by atoms with Crippen molar-refractivity contribution in [2.75, 3.05) is 13.1 Å². The van der Waals surface area contributed by atoms with Crippen molar-refractivity contribution in [1.29, 1.82) is 0 Å². The lowest BCUT2D eigenvalue weighted by molar-refractivity contribution is 0.0892. The van der Waals surface area contributed by atoms with Crippen LogP contribution in [-0.2, 0) is 13.0 Å². The van der Waals surface area contributed by atoms with Gasteiger partial charge in [-0.25, -0.2) is 0 Å². The number of piperidine rings is 1. The van der Waals surface area contributed by atoms with Gasteiger partial charge in [-0.1, -0.05) is 24.3 Å². The molecule has 1 fully saturated rings. The smallest absolute Gasteiger partial charge is 0.261 e. The summed E-state index contributed by atoms with van der Waals surface area (Å²) >= 11 is 1.48. The second-order valence-electron chi connectivity index (χ2n) is 8.87. The van der Waals surface area contributed by atoms with E-state index in [9.17, 15) is 4.79 Å². The van der Waals surface area contributed by atoms with Crippen LogP contribution >= 0.6 is 11.3 Å². The summed E-state index contributed by atoms with van der Waals surface area (Å²) in [6, 6.07) is 16.3. The van der Waals surface area contributed by atoms with E-state index in [0.717, 1.165) is 55.2 Å². The number of likely N-dealkylation sites (tertiary alicyclic amines) is 1. The first-order valence-electron chi connectivity index (χ1n) is 11.4. The van der Waals surface area contributed by atoms with Crippen LogP contribution in [0.3, 0.4) is 0 Å². The van der Waals surface area contributed by atoms with E-state index in [4.69, 9.17) is 4.74 Å². The number of aromatic nitrogens is 1. The van der Waals surface area contributed by atoms with Gasteiger partial charge >= 0.3 is 0 Å². The summed E-state index contributed by atoms with van der Waals surface area (Å²) in [7, 11) is 0. The Labute approximate surface area is 193 Å². The first-order chi connectivity index (χ1) is 15.7. The van der Waals surface area contributed by atoms with Crippen molar-refractivity contribution in [2.45, 2.75) is 44.9 Å². The van der Waals surface area contributed by atoms with E-state index in [-0.39, 0.29) is 18.1 Å². The summed E-state index contributed by atoms with van der Waals surface area (Å²) in [5.74, 6) is 1.41. The Bertz CT molecular complexity index is 1050. The second-order valence-corrected chi connectivity index (χ2v) is 9.82. The summed E-state index contributed by atoms with van der Waals surface area (Å²) in [4.78, 5) is 20.7. The SMILES string of the molecule is C[C@@H]1Cc2cc(CN3CCC([C@H](NC(=O)c4cccs4)c4ccccn4)CC3)ccc2O1. The number of benzene rings is 1. The molecule has 32 heavy (non-hydrogen) atoms. The maximum atomic E-state index is 12.8. The maximum absolute atomic E-state index is 12.8. The van der Waals surface area contributed by atoms with Gasteiger partial charge in [0.1, 0.15) is 11.9 Å². The molecule has 3 aromatic rings. The number of thiophene rings is 1. The lowest BCUT2D eigenvalue weighted by Gasteiger charge is -2.36. The molecule has 166 valence electrons. The molecular formula is C26H29N3O2S. The van der Waals surface area contributed by atoms with Crippen molar-refractivity contribution in [3.05, 3.63) is 81.8 Å². The van der Waals surface area contributed by atoms with Gasteiger partial charge in [-0.3, -0.25) is 14.7 Å². The van der Waals surface area contributed by atoms with Crippen molar-refractivity contribution in [2.24, 2.45) is 5.92 Å². The zero-order valence-corrected chi connectivity index (χ0v) is 19.2. The predicted octanol–water partition coefficient (Wildman–Crippen LogP) is 4.85. The summed E-state index contributed by atoms with van der Waals surface area (Å²) < 4.78 is 5.84. The average molecular weight is 448 g/mol. The normalized spacial score (nSPS) is 19.8. The largest absolute Gasteiger partial charge is 0.490 e. The molecule has 6 heteroatoms. The number of amides is 1. The Balaban J connectivity index is 1.23. The Morgan fingerprint density at radius 2 is 2.09 bits per heavy atom. The van der Waals surface area contributed by atoms with E-state index in [2.05, 4.69) is 40.3 Å². The first-order valence-corrected chi connectivity index (χ1v) is 12.3. The van der Waals surface area contributed by atoms with Gasteiger partial charge in [-0.15, -0.1) is 11.3 Å². The van der Waals surface area contributed by atoms with Crippen molar-refractivity contribution >= 4 is 17.2 Å². The molecule has 5 rings (SSSR count). The van der Waals surface area contributed by atoms with Gasteiger partial charge in [-0.05, 0) is 79.5 Å². The van der Waals surface area contributed by atoms with Gasteiger partial charge < -0.3 is 10.1 Å². The zero-order chi connectivity index (χ0) is 21.9. The van der Waals surface area contributed by atoms with Gasteiger partial charge in [0.15, 0.2) is 0 Å². The molecule has 1 amide bonds. The fraction of sp³-hybridized carbons (Fsp3) is 0.385. The van der Waals surface area contributed by atoms with Crippen molar-refractivity contribution in [3.63, 3.8) is 0 Å². The Kier molecular flexibility index (Phi) is 6.23. The number of rotatable bonds is 6.